The molecule has 0 fully saturated rings. The van der Waals surface area contributed by atoms with Crippen LogP contribution in [0.1, 0.15) is 38.8 Å². The Hall–Kier alpha value is -2.97. The van der Waals surface area contributed by atoms with Crippen molar-refractivity contribution in [2.75, 3.05) is 11.9 Å². The number of halogens is 1. The van der Waals surface area contributed by atoms with E-state index in [1.54, 1.807) is 12.1 Å². The third-order valence-electron chi connectivity index (χ3n) is 3.98. The smallest absolute Gasteiger partial charge is 0.266 e. The van der Waals surface area contributed by atoms with E-state index >= 15 is 0 Å². The maximum atomic E-state index is 12.5. The Bertz CT molecular complexity index is 928. The molecule has 0 aliphatic rings. The summed E-state index contributed by atoms with van der Waals surface area (Å²) in [5.74, 6) is 0.417. The fourth-order valence-electron chi connectivity index (χ4n) is 2.62. The first-order valence-corrected chi connectivity index (χ1v) is 9.90. The van der Waals surface area contributed by atoms with Gasteiger partial charge in [-0.3, -0.25) is 4.79 Å². The van der Waals surface area contributed by atoms with Crippen molar-refractivity contribution < 1.29 is 14.3 Å². The number of benzene rings is 2. The first kappa shape index (κ1) is 22.3. The van der Waals surface area contributed by atoms with E-state index in [4.69, 9.17) is 21.1 Å². The first-order valence-electron chi connectivity index (χ1n) is 9.53. The second kappa shape index (κ2) is 10.5. The van der Waals surface area contributed by atoms with Crippen molar-refractivity contribution in [2.45, 2.75) is 40.2 Å². The summed E-state index contributed by atoms with van der Waals surface area (Å²) in [7, 11) is 0. The number of nitriles is 1. The molecule has 0 aliphatic heterocycles. The molecule has 0 saturated heterocycles. The third kappa shape index (κ3) is 6.27. The van der Waals surface area contributed by atoms with Crippen LogP contribution in [-0.2, 0) is 11.2 Å². The molecule has 0 saturated carbocycles. The van der Waals surface area contributed by atoms with Crippen molar-refractivity contribution in [1.82, 2.24) is 0 Å². The van der Waals surface area contributed by atoms with Crippen LogP contribution in [0.5, 0.6) is 11.5 Å². The molecule has 0 aliphatic carbocycles. The fraction of sp³-hybridized carbons (Fsp3) is 0.304. The zero-order valence-electron chi connectivity index (χ0n) is 17.1. The van der Waals surface area contributed by atoms with Crippen molar-refractivity contribution in [1.29, 1.82) is 5.26 Å². The molecule has 0 atom stereocenters. The number of hydrogen-bond acceptors (Lipinski definition) is 4. The van der Waals surface area contributed by atoms with E-state index in [0.29, 0.717) is 34.4 Å². The summed E-state index contributed by atoms with van der Waals surface area (Å²) < 4.78 is 11.4. The third-order valence-corrected chi connectivity index (χ3v) is 4.26. The molecule has 2 rings (SSSR count). The molecule has 6 heteroatoms. The molecule has 0 radical (unpaired) electrons. The van der Waals surface area contributed by atoms with E-state index in [0.717, 1.165) is 6.42 Å². The number of anilines is 1. The molecule has 5 nitrogen and oxygen atoms in total. The van der Waals surface area contributed by atoms with Gasteiger partial charge in [-0.05, 0) is 68.7 Å². The lowest BCUT2D eigenvalue weighted by Crippen LogP contribution is -2.13. The Morgan fingerprint density at radius 2 is 1.93 bits per heavy atom. The molecular weight excluding hydrogens is 388 g/mol. The van der Waals surface area contributed by atoms with Crippen LogP contribution in [0.2, 0.25) is 5.02 Å². The summed E-state index contributed by atoms with van der Waals surface area (Å²) in [6.45, 7) is 8.13. The van der Waals surface area contributed by atoms with Gasteiger partial charge in [-0.2, -0.15) is 5.26 Å². The van der Waals surface area contributed by atoms with Crippen molar-refractivity contribution in [3.8, 4) is 17.6 Å². The molecule has 2 aromatic rings. The van der Waals surface area contributed by atoms with Crippen LogP contribution in [0.25, 0.3) is 6.08 Å². The number of aryl methyl sites for hydroxylation is 1. The topological polar surface area (TPSA) is 71.3 Å². The number of nitrogens with one attached hydrogen (secondary N) is 1. The lowest BCUT2D eigenvalue weighted by Gasteiger charge is -2.16. The highest BCUT2D eigenvalue weighted by molar-refractivity contribution is 6.32. The maximum Gasteiger partial charge on any atom is 0.266 e. The minimum absolute atomic E-state index is 0.0411. The maximum absolute atomic E-state index is 12.5. The predicted octanol–water partition coefficient (Wildman–Crippen LogP) is 5.63. The van der Waals surface area contributed by atoms with Crippen molar-refractivity contribution >= 4 is 29.3 Å². The highest BCUT2D eigenvalue weighted by Crippen LogP contribution is 2.38. The van der Waals surface area contributed by atoms with Gasteiger partial charge in [0.05, 0.1) is 17.7 Å². The van der Waals surface area contributed by atoms with E-state index in [1.165, 1.54) is 11.6 Å². The number of carbonyl (C=O) groups is 1. The molecule has 0 unspecified atom stereocenters. The highest BCUT2D eigenvalue weighted by atomic mass is 35.5. The van der Waals surface area contributed by atoms with Crippen LogP contribution in [0.4, 0.5) is 5.69 Å². The average molecular weight is 413 g/mol. The van der Waals surface area contributed by atoms with E-state index in [9.17, 15) is 10.1 Å². The van der Waals surface area contributed by atoms with Gasteiger partial charge in [0.25, 0.3) is 5.91 Å². The Balaban J connectivity index is 2.30. The number of hydrogen-bond donors (Lipinski definition) is 1. The van der Waals surface area contributed by atoms with Gasteiger partial charge in [0.15, 0.2) is 11.5 Å². The van der Waals surface area contributed by atoms with Crippen LogP contribution >= 0.6 is 11.6 Å². The molecule has 0 spiro atoms. The molecule has 1 N–H and O–H groups in total. The van der Waals surface area contributed by atoms with Gasteiger partial charge in [0.1, 0.15) is 11.6 Å². The molecule has 0 aromatic heterocycles. The van der Waals surface area contributed by atoms with E-state index < -0.39 is 5.91 Å². The summed E-state index contributed by atoms with van der Waals surface area (Å²) in [5, 5.41) is 12.6. The SMILES string of the molecule is CCOc1cc(/C=C(\C#N)C(=O)Nc2ccc(CC)cc2)cc(Cl)c1OC(C)C. The normalized spacial score (nSPS) is 11.1. The predicted molar refractivity (Wildman–Crippen MR) is 116 cm³/mol. The van der Waals surface area contributed by atoms with E-state index in [2.05, 4.69) is 12.2 Å². The quantitative estimate of drug-likeness (QED) is 0.450. The minimum Gasteiger partial charge on any atom is -0.490 e. The summed E-state index contributed by atoms with van der Waals surface area (Å²) in [6, 6.07) is 12.8. The summed E-state index contributed by atoms with van der Waals surface area (Å²) in [6.07, 6.45) is 2.31. The van der Waals surface area contributed by atoms with Gasteiger partial charge >= 0.3 is 0 Å². The largest absolute Gasteiger partial charge is 0.490 e. The van der Waals surface area contributed by atoms with Crippen LogP contribution in [0.3, 0.4) is 0 Å². The fourth-order valence-corrected chi connectivity index (χ4v) is 2.89. The highest BCUT2D eigenvalue weighted by Gasteiger charge is 2.15. The second-order valence-corrected chi connectivity index (χ2v) is 7.01. The Morgan fingerprint density at radius 1 is 1.24 bits per heavy atom. The molecule has 2 aromatic carbocycles. The van der Waals surface area contributed by atoms with Crippen molar-refractivity contribution in [2.24, 2.45) is 0 Å². The number of nitrogens with zero attached hydrogens (tertiary/aromatic N) is 1. The number of amides is 1. The van der Waals surface area contributed by atoms with Crippen LogP contribution in [0.15, 0.2) is 42.0 Å². The van der Waals surface area contributed by atoms with Crippen molar-refractivity contribution in [3.63, 3.8) is 0 Å². The zero-order chi connectivity index (χ0) is 21.4. The lowest BCUT2D eigenvalue weighted by atomic mass is 10.1. The Labute approximate surface area is 176 Å². The zero-order valence-corrected chi connectivity index (χ0v) is 17.8. The lowest BCUT2D eigenvalue weighted by molar-refractivity contribution is -0.112. The summed E-state index contributed by atoms with van der Waals surface area (Å²) in [5.41, 5.74) is 2.33. The van der Waals surface area contributed by atoms with Gasteiger partial charge in [-0.15, -0.1) is 0 Å². The van der Waals surface area contributed by atoms with E-state index in [-0.39, 0.29) is 11.7 Å². The standard InChI is InChI=1S/C23H25ClN2O3/c1-5-16-7-9-19(10-8-16)26-23(27)18(14-25)11-17-12-20(24)22(29-15(3)4)21(13-17)28-6-2/h7-13,15H,5-6H2,1-4H3,(H,26,27)/b18-11+. The van der Waals surface area contributed by atoms with E-state index in [1.807, 2.05) is 51.1 Å². The van der Waals surface area contributed by atoms with Gasteiger partial charge in [-0.25, -0.2) is 0 Å². The second-order valence-electron chi connectivity index (χ2n) is 6.60. The van der Waals surface area contributed by atoms with Crippen LogP contribution in [0, 0.1) is 11.3 Å². The molecule has 152 valence electrons. The Morgan fingerprint density at radius 3 is 2.48 bits per heavy atom. The number of rotatable bonds is 8. The average Bonchev–Trinajstić information content (AvgIpc) is 2.69. The van der Waals surface area contributed by atoms with Gasteiger partial charge in [0, 0.05) is 5.69 Å². The number of carbonyl (C=O) groups excluding carboxylic acids is 1. The Kier molecular flexibility index (Phi) is 8.11. The molecule has 0 bridgehead atoms. The molecule has 29 heavy (non-hydrogen) atoms. The van der Waals surface area contributed by atoms with Crippen LogP contribution < -0.4 is 14.8 Å². The number of ether oxygens (including phenoxy) is 2. The molecule has 0 heterocycles. The molecule has 1 amide bonds. The summed E-state index contributed by atoms with van der Waals surface area (Å²) in [4.78, 5) is 12.5. The van der Waals surface area contributed by atoms with Crippen LogP contribution in [-0.4, -0.2) is 18.6 Å². The molecular formula is C23H25ClN2O3. The minimum atomic E-state index is -0.492. The summed E-state index contributed by atoms with van der Waals surface area (Å²) >= 11 is 6.36. The first-order chi connectivity index (χ1) is 13.9. The van der Waals surface area contributed by atoms with Gasteiger partial charge in [-0.1, -0.05) is 30.7 Å². The van der Waals surface area contributed by atoms with Crippen molar-refractivity contribution in [3.05, 3.63) is 58.1 Å². The van der Waals surface area contributed by atoms with Gasteiger partial charge < -0.3 is 14.8 Å². The monoisotopic (exact) mass is 412 g/mol. The van der Waals surface area contributed by atoms with Gasteiger partial charge in [0.2, 0.25) is 0 Å².